The molecule has 4 nitrogen and oxygen atoms in total. The first-order valence-electron chi connectivity index (χ1n) is 6.23. The summed E-state index contributed by atoms with van der Waals surface area (Å²) in [5.74, 6) is 1.61. The maximum absolute atomic E-state index is 9.43. The van der Waals surface area contributed by atoms with Crippen LogP contribution in [0.4, 0.5) is 5.82 Å². The molecule has 2 rings (SSSR count). The lowest BCUT2D eigenvalue weighted by molar-refractivity contribution is 0.281. The number of aromatic nitrogens is 1. The molecule has 0 aliphatic rings. The lowest BCUT2D eigenvalue weighted by atomic mass is 10.2. The summed E-state index contributed by atoms with van der Waals surface area (Å²) in [4.78, 5) is 6.38. The number of rotatable bonds is 5. The van der Waals surface area contributed by atoms with Gasteiger partial charge in [0.05, 0.1) is 13.7 Å². The Hall–Kier alpha value is -1.59. The van der Waals surface area contributed by atoms with E-state index in [1.165, 1.54) is 0 Å². The van der Waals surface area contributed by atoms with Crippen LogP contribution in [0.1, 0.15) is 11.1 Å². The number of aliphatic hydroxyl groups is 1. The second kappa shape index (κ2) is 6.72. The monoisotopic (exact) mass is 336 g/mol. The molecule has 5 heteroatoms. The molecular weight excluding hydrogens is 320 g/mol. The number of anilines is 1. The van der Waals surface area contributed by atoms with Gasteiger partial charge in [-0.3, -0.25) is 0 Å². The minimum atomic E-state index is -0.0375. The van der Waals surface area contributed by atoms with Gasteiger partial charge < -0.3 is 14.7 Å². The highest BCUT2D eigenvalue weighted by molar-refractivity contribution is 9.10. The van der Waals surface area contributed by atoms with Crippen molar-refractivity contribution in [2.45, 2.75) is 13.2 Å². The minimum absolute atomic E-state index is 0.0375. The van der Waals surface area contributed by atoms with E-state index < -0.39 is 0 Å². The van der Waals surface area contributed by atoms with E-state index in [-0.39, 0.29) is 6.61 Å². The molecule has 20 heavy (non-hydrogen) atoms. The molecule has 0 spiro atoms. The van der Waals surface area contributed by atoms with Crippen LogP contribution in [0.25, 0.3) is 0 Å². The number of aliphatic hydroxyl groups excluding tert-OH is 1. The van der Waals surface area contributed by atoms with Crippen LogP contribution in [0.3, 0.4) is 0 Å². The number of ether oxygens (including phenoxy) is 1. The summed E-state index contributed by atoms with van der Waals surface area (Å²) < 4.78 is 6.08. The van der Waals surface area contributed by atoms with Crippen molar-refractivity contribution in [3.8, 4) is 5.75 Å². The molecule has 106 valence electrons. The lowest BCUT2D eigenvalue weighted by Gasteiger charge is -2.21. The topological polar surface area (TPSA) is 45.6 Å². The molecule has 1 heterocycles. The van der Waals surface area contributed by atoms with Crippen molar-refractivity contribution in [1.29, 1.82) is 0 Å². The van der Waals surface area contributed by atoms with Gasteiger partial charge in [-0.1, -0.05) is 12.1 Å². The number of pyridine rings is 1. The Morgan fingerprint density at radius 3 is 2.85 bits per heavy atom. The quantitative estimate of drug-likeness (QED) is 0.911. The Kier molecular flexibility index (Phi) is 4.98. The second-order valence-electron chi connectivity index (χ2n) is 4.50. The van der Waals surface area contributed by atoms with Crippen molar-refractivity contribution in [1.82, 2.24) is 4.98 Å². The summed E-state index contributed by atoms with van der Waals surface area (Å²) in [5, 5.41) is 9.43. The molecule has 0 aliphatic carbocycles. The van der Waals surface area contributed by atoms with Crippen molar-refractivity contribution in [3.63, 3.8) is 0 Å². The summed E-state index contributed by atoms with van der Waals surface area (Å²) >= 11 is 3.36. The van der Waals surface area contributed by atoms with E-state index >= 15 is 0 Å². The van der Waals surface area contributed by atoms with Crippen LogP contribution in [-0.4, -0.2) is 24.2 Å². The van der Waals surface area contributed by atoms with Crippen LogP contribution in [0.2, 0.25) is 0 Å². The molecule has 1 aromatic heterocycles. The lowest BCUT2D eigenvalue weighted by Crippen LogP contribution is -2.19. The highest BCUT2D eigenvalue weighted by Gasteiger charge is 2.10. The van der Waals surface area contributed by atoms with Gasteiger partial charge in [-0.15, -0.1) is 0 Å². The molecule has 0 unspecified atom stereocenters. The highest BCUT2D eigenvalue weighted by atomic mass is 79.9. The average Bonchev–Trinajstić information content (AvgIpc) is 2.47. The van der Waals surface area contributed by atoms with Gasteiger partial charge in [-0.05, 0) is 39.7 Å². The van der Waals surface area contributed by atoms with E-state index in [4.69, 9.17) is 4.74 Å². The third-order valence-corrected chi connectivity index (χ3v) is 3.43. The van der Waals surface area contributed by atoms with Crippen molar-refractivity contribution < 1.29 is 9.84 Å². The zero-order valence-electron chi connectivity index (χ0n) is 11.5. The molecule has 0 saturated carbocycles. The van der Waals surface area contributed by atoms with Crippen LogP contribution in [0, 0.1) is 0 Å². The third-order valence-electron chi connectivity index (χ3n) is 3.00. The van der Waals surface area contributed by atoms with Gasteiger partial charge in [0.2, 0.25) is 0 Å². The summed E-state index contributed by atoms with van der Waals surface area (Å²) in [6.07, 6.45) is 1.73. The molecule has 2 aromatic rings. The summed E-state index contributed by atoms with van der Waals surface area (Å²) in [5.41, 5.74) is 1.92. The van der Waals surface area contributed by atoms with Gasteiger partial charge in [0.1, 0.15) is 11.6 Å². The average molecular weight is 337 g/mol. The van der Waals surface area contributed by atoms with Gasteiger partial charge in [0.25, 0.3) is 0 Å². The molecular formula is C15H17BrN2O2. The zero-order chi connectivity index (χ0) is 14.5. The van der Waals surface area contributed by atoms with E-state index in [1.807, 2.05) is 42.3 Å². The Balaban J connectivity index is 2.21. The number of halogens is 1. The number of methoxy groups -OCH3 is 1. The molecule has 0 saturated heterocycles. The molecule has 0 fully saturated rings. The minimum Gasteiger partial charge on any atom is -0.497 e. The van der Waals surface area contributed by atoms with E-state index in [0.29, 0.717) is 6.54 Å². The Bertz CT molecular complexity index is 590. The Labute approximate surface area is 127 Å². The van der Waals surface area contributed by atoms with Gasteiger partial charge in [0, 0.05) is 29.8 Å². The second-order valence-corrected chi connectivity index (χ2v) is 5.42. The number of benzene rings is 1. The van der Waals surface area contributed by atoms with Crippen LogP contribution < -0.4 is 9.64 Å². The summed E-state index contributed by atoms with van der Waals surface area (Å²) in [6.45, 7) is 0.656. The van der Waals surface area contributed by atoms with Gasteiger partial charge in [-0.2, -0.15) is 0 Å². The van der Waals surface area contributed by atoms with Crippen LogP contribution in [0.15, 0.2) is 41.0 Å². The van der Waals surface area contributed by atoms with Crippen LogP contribution in [0.5, 0.6) is 5.75 Å². The fourth-order valence-corrected chi connectivity index (χ4v) is 2.43. The van der Waals surface area contributed by atoms with E-state index in [1.54, 1.807) is 13.3 Å². The Morgan fingerprint density at radius 2 is 2.15 bits per heavy atom. The number of hydrogen-bond donors (Lipinski definition) is 1. The fourth-order valence-electron chi connectivity index (χ4n) is 2.05. The molecule has 0 aliphatic heterocycles. The van der Waals surface area contributed by atoms with Gasteiger partial charge in [0.15, 0.2) is 0 Å². The predicted octanol–water partition coefficient (Wildman–Crippen LogP) is 2.98. The number of nitrogens with zero attached hydrogens (tertiary/aromatic N) is 2. The van der Waals surface area contributed by atoms with Crippen LogP contribution >= 0.6 is 15.9 Å². The van der Waals surface area contributed by atoms with Crippen molar-refractivity contribution in [2.24, 2.45) is 0 Å². The number of hydrogen-bond acceptors (Lipinski definition) is 4. The fraction of sp³-hybridized carbons (Fsp3) is 0.267. The maximum Gasteiger partial charge on any atom is 0.134 e. The van der Waals surface area contributed by atoms with Gasteiger partial charge in [-0.25, -0.2) is 4.98 Å². The largest absolute Gasteiger partial charge is 0.497 e. The first kappa shape index (κ1) is 14.8. The van der Waals surface area contributed by atoms with E-state index in [9.17, 15) is 5.11 Å². The van der Waals surface area contributed by atoms with E-state index in [2.05, 4.69) is 20.9 Å². The predicted molar refractivity (Wildman–Crippen MR) is 83.0 cm³/mol. The molecule has 1 N–H and O–H groups in total. The van der Waals surface area contributed by atoms with E-state index in [0.717, 1.165) is 27.2 Å². The van der Waals surface area contributed by atoms with Crippen molar-refractivity contribution >= 4 is 21.7 Å². The van der Waals surface area contributed by atoms with Gasteiger partial charge >= 0.3 is 0 Å². The standard InChI is InChI=1S/C15H17BrN2O2/c1-18(9-11-4-3-5-14(6-11)20-2)15-12(10-19)7-13(16)8-17-15/h3-8,19H,9-10H2,1-2H3. The molecule has 1 aromatic carbocycles. The smallest absolute Gasteiger partial charge is 0.134 e. The highest BCUT2D eigenvalue weighted by Crippen LogP contribution is 2.23. The van der Waals surface area contributed by atoms with Crippen molar-refractivity contribution in [3.05, 3.63) is 52.1 Å². The SMILES string of the molecule is COc1cccc(CN(C)c2ncc(Br)cc2CO)c1. The first-order valence-corrected chi connectivity index (χ1v) is 7.02. The first-order chi connectivity index (χ1) is 9.63. The summed E-state index contributed by atoms with van der Waals surface area (Å²) in [7, 11) is 3.61. The molecule has 0 radical (unpaired) electrons. The third kappa shape index (κ3) is 3.49. The van der Waals surface area contributed by atoms with Crippen LogP contribution in [-0.2, 0) is 13.2 Å². The Morgan fingerprint density at radius 1 is 1.35 bits per heavy atom. The van der Waals surface area contributed by atoms with Crippen molar-refractivity contribution in [2.75, 3.05) is 19.1 Å². The molecule has 0 bridgehead atoms. The molecule has 0 atom stereocenters. The maximum atomic E-state index is 9.43. The normalized spacial score (nSPS) is 10.4. The zero-order valence-corrected chi connectivity index (χ0v) is 13.1. The molecule has 0 amide bonds. The summed E-state index contributed by atoms with van der Waals surface area (Å²) in [6, 6.07) is 9.79.